The SMILES string of the molecule is O=C1/C(=C/c2cc3c(cc2[N+](=O)[O-])OCO3)SC(=S)N1Cc1ccncc1. The summed E-state index contributed by atoms with van der Waals surface area (Å²) in [6, 6.07) is 6.39. The number of rotatable bonds is 4. The second-order valence-corrected chi connectivity index (χ2v) is 7.32. The number of benzene rings is 1. The number of carbonyl (C=O) groups is 1. The van der Waals surface area contributed by atoms with E-state index in [9.17, 15) is 14.9 Å². The molecule has 2 aromatic rings. The Balaban J connectivity index is 1.66. The minimum absolute atomic E-state index is 0.00396. The number of amides is 1. The quantitative estimate of drug-likeness (QED) is 0.334. The van der Waals surface area contributed by atoms with Crippen molar-refractivity contribution < 1.29 is 19.2 Å². The number of pyridine rings is 1. The molecule has 0 saturated carbocycles. The van der Waals surface area contributed by atoms with Crippen LogP contribution in [0.4, 0.5) is 5.69 Å². The first kappa shape index (κ1) is 17.4. The number of nitro benzene ring substituents is 1. The highest BCUT2D eigenvalue weighted by Crippen LogP contribution is 2.41. The minimum atomic E-state index is -0.522. The summed E-state index contributed by atoms with van der Waals surface area (Å²) in [5.74, 6) is 0.414. The minimum Gasteiger partial charge on any atom is -0.454 e. The third-order valence-corrected chi connectivity index (χ3v) is 5.35. The van der Waals surface area contributed by atoms with Gasteiger partial charge in [-0.3, -0.25) is 24.8 Å². The molecule has 1 aromatic carbocycles. The molecular weight excluding hydrogens is 390 g/mol. The Morgan fingerprint density at radius 3 is 2.70 bits per heavy atom. The molecule has 136 valence electrons. The highest BCUT2D eigenvalue weighted by atomic mass is 32.2. The van der Waals surface area contributed by atoms with Crippen molar-refractivity contribution in [3.05, 3.63) is 62.8 Å². The van der Waals surface area contributed by atoms with Gasteiger partial charge in [-0.1, -0.05) is 24.0 Å². The summed E-state index contributed by atoms with van der Waals surface area (Å²) in [5, 5.41) is 11.4. The highest BCUT2D eigenvalue weighted by molar-refractivity contribution is 8.26. The lowest BCUT2D eigenvalue weighted by molar-refractivity contribution is -0.385. The van der Waals surface area contributed by atoms with Crippen LogP contribution < -0.4 is 9.47 Å². The van der Waals surface area contributed by atoms with Crippen molar-refractivity contribution in [3.8, 4) is 11.5 Å². The third-order valence-electron chi connectivity index (χ3n) is 3.97. The van der Waals surface area contributed by atoms with Crippen LogP contribution in [0.1, 0.15) is 11.1 Å². The second kappa shape index (κ2) is 6.97. The maximum Gasteiger partial charge on any atom is 0.280 e. The van der Waals surface area contributed by atoms with Gasteiger partial charge in [-0.25, -0.2) is 0 Å². The number of aromatic nitrogens is 1. The largest absolute Gasteiger partial charge is 0.454 e. The van der Waals surface area contributed by atoms with E-state index in [2.05, 4.69) is 4.98 Å². The first-order valence-electron chi connectivity index (χ1n) is 7.75. The monoisotopic (exact) mass is 401 g/mol. The van der Waals surface area contributed by atoms with Crippen LogP contribution in [0, 0.1) is 10.1 Å². The molecule has 0 aliphatic carbocycles. The number of hydrogen-bond donors (Lipinski definition) is 0. The van der Waals surface area contributed by atoms with Crippen molar-refractivity contribution in [3.63, 3.8) is 0 Å². The van der Waals surface area contributed by atoms with Gasteiger partial charge in [-0.05, 0) is 29.8 Å². The Kier molecular flexibility index (Phi) is 4.50. The van der Waals surface area contributed by atoms with E-state index < -0.39 is 4.92 Å². The molecule has 0 atom stereocenters. The fourth-order valence-electron chi connectivity index (χ4n) is 2.67. The van der Waals surface area contributed by atoms with Crippen molar-refractivity contribution in [1.29, 1.82) is 0 Å². The molecular formula is C17H11N3O5S2. The first-order chi connectivity index (χ1) is 13.0. The van der Waals surface area contributed by atoms with Crippen LogP contribution in [-0.2, 0) is 11.3 Å². The van der Waals surface area contributed by atoms with Gasteiger partial charge in [-0.15, -0.1) is 0 Å². The average molecular weight is 401 g/mol. The number of carbonyl (C=O) groups excluding carboxylic acids is 1. The molecule has 3 heterocycles. The lowest BCUT2D eigenvalue weighted by atomic mass is 10.1. The van der Waals surface area contributed by atoms with Crippen molar-refractivity contribution >= 4 is 46.0 Å². The molecule has 8 nitrogen and oxygen atoms in total. The Morgan fingerprint density at radius 1 is 1.30 bits per heavy atom. The molecule has 1 amide bonds. The van der Waals surface area contributed by atoms with Crippen LogP contribution >= 0.6 is 24.0 Å². The molecule has 4 rings (SSSR count). The lowest BCUT2D eigenvalue weighted by Gasteiger charge is -2.14. The maximum atomic E-state index is 12.7. The van der Waals surface area contributed by atoms with Gasteiger partial charge >= 0.3 is 0 Å². The zero-order chi connectivity index (χ0) is 19.0. The van der Waals surface area contributed by atoms with E-state index in [4.69, 9.17) is 21.7 Å². The summed E-state index contributed by atoms with van der Waals surface area (Å²) in [4.78, 5) is 29.3. The molecule has 1 saturated heterocycles. The molecule has 0 radical (unpaired) electrons. The summed E-state index contributed by atoms with van der Waals surface area (Å²) < 4.78 is 10.9. The smallest absolute Gasteiger partial charge is 0.280 e. The van der Waals surface area contributed by atoms with Crippen LogP contribution in [0.2, 0.25) is 0 Å². The molecule has 1 fully saturated rings. The first-order valence-corrected chi connectivity index (χ1v) is 8.98. The second-order valence-electron chi connectivity index (χ2n) is 5.64. The molecule has 10 heteroatoms. The summed E-state index contributed by atoms with van der Waals surface area (Å²) in [7, 11) is 0. The Labute approximate surface area is 162 Å². The molecule has 0 N–H and O–H groups in total. The number of thioether (sulfide) groups is 1. The molecule has 0 bridgehead atoms. The van der Waals surface area contributed by atoms with Crippen LogP contribution in [-0.4, -0.2) is 31.8 Å². The van der Waals surface area contributed by atoms with E-state index in [1.165, 1.54) is 23.1 Å². The summed E-state index contributed by atoms with van der Waals surface area (Å²) in [6.45, 7) is 0.317. The van der Waals surface area contributed by atoms with Crippen molar-refractivity contribution in [1.82, 2.24) is 9.88 Å². The van der Waals surface area contributed by atoms with Gasteiger partial charge in [0.05, 0.1) is 28.0 Å². The van der Waals surface area contributed by atoms with Crippen LogP contribution in [0.25, 0.3) is 6.08 Å². The fourth-order valence-corrected chi connectivity index (χ4v) is 3.91. The maximum absolute atomic E-state index is 12.7. The molecule has 0 unspecified atom stereocenters. The Hall–Kier alpha value is -2.98. The number of nitrogens with zero attached hydrogens (tertiary/aromatic N) is 3. The Bertz CT molecular complexity index is 994. The molecule has 2 aliphatic rings. The van der Waals surface area contributed by atoms with Crippen molar-refractivity contribution in [2.45, 2.75) is 6.54 Å². The third kappa shape index (κ3) is 3.36. The number of nitro groups is 1. The van der Waals surface area contributed by atoms with Gasteiger partial charge in [0.25, 0.3) is 11.6 Å². The van der Waals surface area contributed by atoms with E-state index in [1.807, 2.05) is 0 Å². The number of fused-ring (bicyclic) bond motifs is 1. The van der Waals surface area contributed by atoms with Gasteiger partial charge in [0, 0.05) is 12.4 Å². The zero-order valence-corrected chi connectivity index (χ0v) is 15.3. The van der Waals surface area contributed by atoms with Crippen LogP contribution in [0.5, 0.6) is 11.5 Å². The summed E-state index contributed by atoms with van der Waals surface area (Å²) in [6.07, 6.45) is 4.74. The highest BCUT2D eigenvalue weighted by Gasteiger charge is 2.33. The lowest BCUT2D eigenvalue weighted by Crippen LogP contribution is -2.27. The van der Waals surface area contributed by atoms with Gasteiger partial charge in [0.1, 0.15) is 4.32 Å². The predicted molar refractivity (Wildman–Crippen MR) is 102 cm³/mol. The average Bonchev–Trinajstić information content (AvgIpc) is 3.21. The number of hydrogen-bond acceptors (Lipinski definition) is 8. The zero-order valence-electron chi connectivity index (χ0n) is 13.7. The predicted octanol–water partition coefficient (Wildman–Crippen LogP) is 3.12. The van der Waals surface area contributed by atoms with Gasteiger partial charge in [0.15, 0.2) is 11.5 Å². The summed E-state index contributed by atoms with van der Waals surface area (Å²) in [5.41, 5.74) is 0.976. The molecule has 0 spiro atoms. The van der Waals surface area contributed by atoms with E-state index in [0.29, 0.717) is 27.3 Å². The van der Waals surface area contributed by atoms with Gasteiger partial charge in [0.2, 0.25) is 6.79 Å². The fraction of sp³-hybridized carbons (Fsp3) is 0.118. The van der Waals surface area contributed by atoms with Crippen LogP contribution in [0.3, 0.4) is 0 Å². The normalized spacial score (nSPS) is 17.0. The van der Waals surface area contributed by atoms with Gasteiger partial charge < -0.3 is 9.47 Å². The van der Waals surface area contributed by atoms with Gasteiger partial charge in [-0.2, -0.15) is 0 Å². The molecule has 2 aliphatic heterocycles. The van der Waals surface area contributed by atoms with Crippen molar-refractivity contribution in [2.24, 2.45) is 0 Å². The number of ether oxygens (including phenoxy) is 2. The summed E-state index contributed by atoms with van der Waals surface area (Å²) >= 11 is 6.42. The Morgan fingerprint density at radius 2 is 2.00 bits per heavy atom. The van der Waals surface area contributed by atoms with E-state index in [0.717, 1.165) is 17.3 Å². The van der Waals surface area contributed by atoms with E-state index in [-0.39, 0.29) is 24.0 Å². The molecule has 27 heavy (non-hydrogen) atoms. The standard InChI is InChI=1S/C17H11N3O5S2/c21-16-15(27-17(26)19(16)8-10-1-3-18-4-2-10)6-11-5-13-14(25-9-24-13)7-12(11)20(22)23/h1-7H,8-9H2/b15-6-. The van der Waals surface area contributed by atoms with E-state index >= 15 is 0 Å². The van der Waals surface area contributed by atoms with Crippen molar-refractivity contribution in [2.75, 3.05) is 6.79 Å². The number of thiocarbonyl (C=S) groups is 1. The van der Waals surface area contributed by atoms with E-state index in [1.54, 1.807) is 24.5 Å². The molecule has 1 aromatic heterocycles. The topological polar surface area (TPSA) is 94.8 Å². The van der Waals surface area contributed by atoms with Crippen LogP contribution in [0.15, 0.2) is 41.6 Å².